The number of rotatable bonds is 12. The zero-order chi connectivity index (χ0) is 41.4. The molecule has 2 saturated heterocycles. The van der Waals surface area contributed by atoms with Gasteiger partial charge in [0.25, 0.3) is 5.91 Å². The minimum atomic E-state index is -4.85. The molecule has 3 N–H and O–H groups in total. The maximum absolute atomic E-state index is 15.1. The number of hydrogen-bond acceptors (Lipinski definition) is 9. The zero-order valence-electron chi connectivity index (χ0n) is 32.0. The first kappa shape index (κ1) is 42.7. The molecule has 2 aromatic heterocycles. The Bertz CT molecular complexity index is 1900. The second kappa shape index (κ2) is 16.4. The van der Waals surface area contributed by atoms with E-state index < -0.39 is 69.2 Å². The number of aliphatic hydroxyl groups is 1. The van der Waals surface area contributed by atoms with Crippen molar-refractivity contribution in [1.29, 1.82) is 0 Å². The molecule has 5 atom stereocenters. The van der Waals surface area contributed by atoms with E-state index in [0.29, 0.717) is 55.6 Å². The summed E-state index contributed by atoms with van der Waals surface area (Å²) in [4.78, 5) is 33.0. The number of carbonyl (C=O) groups is 2. The van der Waals surface area contributed by atoms with Gasteiger partial charge < -0.3 is 29.9 Å². The summed E-state index contributed by atoms with van der Waals surface area (Å²) in [6.45, 7) is 3.94. The fraction of sp³-hybridized carbons (Fsp3) is 0.575. The van der Waals surface area contributed by atoms with E-state index in [2.05, 4.69) is 10.3 Å². The van der Waals surface area contributed by atoms with Gasteiger partial charge in [0, 0.05) is 49.3 Å². The lowest BCUT2D eigenvalue weighted by Gasteiger charge is -2.52. The van der Waals surface area contributed by atoms with Crippen molar-refractivity contribution in [3.05, 3.63) is 75.7 Å². The van der Waals surface area contributed by atoms with E-state index in [1.807, 2.05) is 24.3 Å². The van der Waals surface area contributed by atoms with Crippen molar-refractivity contribution < 1.29 is 55.6 Å². The fourth-order valence-electron chi connectivity index (χ4n) is 8.88. The lowest BCUT2D eigenvalue weighted by molar-refractivity contribution is -0.175. The maximum Gasteiger partial charge on any atom is 0.425 e. The molecule has 312 valence electrons. The molecule has 1 amide bonds. The Morgan fingerprint density at radius 1 is 1.04 bits per heavy atom. The summed E-state index contributed by atoms with van der Waals surface area (Å²) in [5.41, 5.74) is -4.41. The maximum atomic E-state index is 15.1. The number of benzene rings is 1. The molecule has 1 aromatic carbocycles. The van der Waals surface area contributed by atoms with E-state index in [0.717, 1.165) is 30.0 Å². The van der Waals surface area contributed by atoms with E-state index in [-0.39, 0.29) is 50.8 Å². The summed E-state index contributed by atoms with van der Waals surface area (Å²) >= 11 is 0.406. The van der Waals surface area contributed by atoms with Crippen LogP contribution in [-0.2, 0) is 27.5 Å². The SMILES string of the molecule is CCCC1N(C(O)c2ncccc2C(F)(F)F)CCCC1(Oc1csc(C(F)(F)F)c1)C(=O)N1CCC(NC)(c2ccccc2OC2CCC(C)(C(=O)O)C2)CC1. The van der Waals surface area contributed by atoms with Crippen LogP contribution in [0.15, 0.2) is 54.0 Å². The molecule has 3 aliphatic rings. The molecule has 5 unspecified atom stereocenters. The number of pyridine rings is 1. The molecule has 4 heterocycles. The van der Waals surface area contributed by atoms with Gasteiger partial charge in [-0.05, 0) is 77.1 Å². The number of para-hydroxylation sites is 1. The Labute approximate surface area is 331 Å². The highest BCUT2D eigenvalue weighted by atomic mass is 32.1. The van der Waals surface area contributed by atoms with Crippen molar-refractivity contribution in [3.63, 3.8) is 0 Å². The summed E-state index contributed by atoms with van der Waals surface area (Å²) in [6, 6.07) is 9.17. The molecular formula is C40H48F6N4O6S. The average Bonchev–Trinajstić information content (AvgIpc) is 3.82. The van der Waals surface area contributed by atoms with Crippen LogP contribution < -0.4 is 14.8 Å². The van der Waals surface area contributed by atoms with Crippen molar-refractivity contribution in [2.24, 2.45) is 5.41 Å². The van der Waals surface area contributed by atoms with E-state index in [1.54, 1.807) is 25.8 Å². The van der Waals surface area contributed by atoms with Crippen molar-refractivity contribution in [3.8, 4) is 11.5 Å². The highest BCUT2D eigenvalue weighted by Crippen LogP contribution is 2.47. The number of ether oxygens (including phenoxy) is 2. The minimum absolute atomic E-state index is 0.0340. The smallest absolute Gasteiger partial charge is 0.425 e. The zero-order valence-corrected chi connectivity index (χ0v) is 32.8. The van der Waals surface area contributed by atoms with Crippen LogP contribution in [-0.4, -0.2) is 81.3 Å². The quantitative estimate of drug-likeness (QED) is 0.156. The average molecular weight is 827 g/mol. The van der Waals surface area contributed by atoms with Crippen molar-refractivity contribution in [2.75, 3.05) is 26.7 Å². The van der Waals surface area contributed by atoms with Crippen LogP contribution in [0.1, 0.15) is 99.6 Å². The highest BCUT2D eigenvalue weighted by molar-refractivity contribution is 7.10. The number of piperidine rings is 2. The number of hydrogen-bond donors (Lipinski definition) is 3. The molecule has 6 rings (SSSR count). The Hall–Kier alpha value is -3.93. The molecule has 0 spiro atoms. The van der Waals surface area contributed by atoms with E-state index in [1.165, 1.54) is 10.3 Å². The van der Waals surface area contributed by atoms with Crippen LogP contribution in [0.2, 0.25) is 0 Å². The van der Waals surface area contributed by atoms with Gasteiger partial charge in [0.05, 0.1) is 34.4 Å². The molecular weight excluding hydrogens is 779 g/mol. The lowest BCUT2D eigenvalue weighted by Crippen LogP contribution is -2.68. The summed E-state index contributed by atoms with van der Waals surface area (Å²) in [6.07, 6.45) is -7.66. The Balaban J connectivity index is 1.32. The fourth-order valence-corrected chi connectivity index (χ4v) is 9.56. The van der Waals surface area contributed by atoms with Gasteiger partial charge in [0.2, 0.25) is 5.60 Å². The van der Waals surface area contributed by atoms with Gasteiger partial charge in [-0.3, -0.25) is 19.5 Å². The number of carbonyl (C=O) groups excluding carboxylic acids is 1. The van der Waals surface area contributed by atoms with Gasteiger partial charge in [-0.15, -0.1) is 11.3 Å². The van der Waals surface area contributed by atoms with Crippen LogP contribution in [0.25, 0.3) is 0 Å². The summed E-state index contributed by atoms with van der Waals surface area (Å²) in [5.74, 6) is -1.02. The molecule has 3 aromatic rings. The molecule has 10 nitrogen and oxygen atoms in total. The van der Waals surface area contributed by atoms with Gasteiger partial charge in [0.1, 0.15) is 16.4 Å². The third-order valence-corrected chi connectivity index (χ3v) is 12.9. The first-order valence-corrected chi connectivity index (χ1v) is 20.0. The second-order valence-electron chi connectivity index (χ2n) is 15.6. The molecule has 0 bridgehead atoms. The predicted molar refractivity (Wildman–Crippen MR) is 199 cm³/mol. The number of carboxylic acids is 1. The van der Waals surface area contributed by atoms with Gasteiger partial charge >= 0.3 is 18.3 Å². The Kier molecular flexibility index (Phi) is 12.3. The third kappa shape index (κ3) is 8.48. The van der Waals surface area contributed by atoms with Crippen LogP contribution in [0.5, 0.6) is 11.5 Å². The van der Waals surface area contributed by atoms with Crippen LogP contribution >= 0.6 is 11.3 Å². The van der Waals surface area contributed by atoms with Crippen LogP contribution in [0, 0.1) is 5.41 Å². The number of amides is 1. The third-order valence-electron chi connectivity index (χ3n) is 12.0. The summed E-state index contributed by atoms with van der Waals surface area (Å²) in [7, 11) is 1.80. The number of thiophene rings is 1. The summed E-state index contributed by atoms with van der Waals surface area (Å²) < 4.78 is 96.7. The van der Waals surface area contributed by atoms with Crippen LogP contribution in [0.4, 0.5) is 26.3 Å². The Morgan fingerprint density at radius 3 is 2.37 bits per heavy atom. The van der Waals surface area contributed by atoms with Crippen molar-refractivity contribution >= 4 is 23.2 Å². The minimum Gasteiger partial charge on any atom is -0.490 e. The molecule has 1 saturated carbocycles. The van der Waals surface area contributed by atoms with E-state index in [4.69, 9.17) is 9.47 Å². The normalized spacial score (nSPS) is 26.2. The number of likely N-dealkylation sites (tertiary alicyclic amines) is 2. The molecule has 57 heavy (non-hydrogen) atoms. The molecule has 3 fully saturated rings. The number of aliphatic carboxylic acids is 1. The first-order valence-electron chi connectivity index (χ1n) is 19.2. The van der Waals surface area contributed by atoms with Gasteiger partial charge in [-0.2, -0.15) is 26.3 Å². The van der Waals surface area contributed by atoms with Gasteiger partial charge in [-0.1, -0.05) is 31.5 Å². The molecule has 0 radical (unpaired) electrons. The number of carboxylic acid groups (broad SMARTS) is 1. The first-order chi connectivity index (χ1) is 26.9. The monoisotopic (exact) mass is 826 g/mol. The number of nitrogens with one attached hydrogen (secondary N) is 1. The van der Waals surface area contributed by atoms with Crippen LogP contribution in [0.3, 0.4) is 0 Å². The Morgan fingerprint density at radius 2 is 1.75 bits per heavy atom. The number of aromatic nitrogens is 1. The molecule has 1 aliphatic carbocycles. The predicted octanol–water partition coefficient (Wildman–Crippen LogP) is 8.01. The number of nitrogens with zero attached hydrogens (tertiary/aromatic N) is 3. The van der Waals surface area contributed by atoms with Gasteiger partial charge in [-0.25, -0.2) is 0 Å². The van der Waals surface area contributed by atoms with E-state index >= 15 is 4.79 Å². The topological polar surface area (TPSA) is 124 Å². The highest BCUT2D eigenvalue weighted by Gasteiger charge is 2.57. The second-order valence-corrected chi connectivity index (χ2v) is 16.5. The number of aliphatic hydroxyl groups excluding tert-OH is 1. The lowest BCUT2D eigenvalue weighted by atomic mass is 9.77. The largest absolute Gasteiger partial charge is 0.490 e. The number of halogens is 6. The van der Waals surface area contributed by atoms with Crippen molar-refractivity contribution in [2.45, 2.75) is 114 Å². The molecule has 17 heteroatoms. The van der Waals surface area contributed by atoms with Gasteiger partial charge in [0.15, 0.2) is 6.23 Å². The number of alkyl halides is 6. The molecule has 2 aliphatic heterocycles. The summed E-state index contributed by atoms with van der Waals surface area (Å²) in [5, 5.41) is 26.0. The van der Waals surface area contributed by atoms with E-state index in [9.17, 15) is 41.4 Å². The van der Waals surface area contributed by atoms with Crippen molar-refractivity contribution in [1.82, 2.24) is 20.1 Å². The standard InChI is InChI=1S/C40H48F6N4O6S/c1-4-9-30-38(56-26-22-31(57-24-26)40(44,45)46,14-8-19-50(30)33(51)32-28(39(41,42)43)11-7-18-48-32)34(52)49-20-16-37(47-3,17-21-49)27-10-5-6-12-29(27)55-25-13-15-36(2,23-25)35(53)54/h5-7,10-12,18,22,24-25,30,33,47,51H,4,8-9,13-17,19-21,23H2,1-3H3,(H,53,54).